The molecule has 1 heterocycles. The van der Waals surface area contributed by atoms with Crippen LogP contribution in [0.5, 0.6) is 0 Å². The van der Waals surface area contributed by atoms with Gasteiger partial charge < -0.3 is 5.32 Å². The molecule has 0 atom stereocenters. The monoisotopic (exact) mass is 355 g/mol. The van der Waals surface area contributed by atoms with Crippen molar-refractivity contribution in [3.63, 3.8) is 0 Å². The molecular formula is C18H17N3O3S. The Morgan fingerprint density at radius 3 is 2.48 bits per heavy atom. The van der Waals surface area contributed by atoms with Crippen molar-refractivity contribution >= 4 is 32.5 Å². The first-order valence-electron chi connectivity index (χ1n) is 7.74. The summed E-state index contributed by atoms with van der Waals surface area (Å²) in [5, 5.41) is 4.42. The second kappa shape index (κ2) is 7.42. The van der Waals surface area contributed by atoms with E-state index in [0.717, 1.165) is 10.8 Å². The zero-order chi connectivity index (χ0) is 17.7. The zero-order valence-corrected chi connectivity index (χ0v) is 14.2. The van der Waals surface area contributed by atoms with E-state index in [0.29, 0.717) is 5.82 Å². The summed E-state index contributed by atoms with van der Waals surface area (Å²) in [4.78, 5) is 16.0. The van der Waals surface area contributed by atoms with E-state index < -0.39 is 10.0 Å². The number of rotatable bonds is 6. The van der Waals surface area contributed by atoms with Gasteiger partial charge in [-0.15, -0.1) is 0 Å². The van der Waals surface area contributed by atoms with E-state index in [-0.39, 0.29) is 23.8 Å². The molecule has 0 aliphatic carbocycles. The molecule has 6 nitrogen and oxygen atoms in total. The highest BCUT2D eigenvalue weighted by Gasteiger charge is 2.14. The number of carbonyl (C=O) groups is 1. The summed E-state index contributed by atoms with van der Waals surface area (Å²) in [5.74, 6) is 0.129. The highest BCUT2D eigenvalue weighted by Crippen LogP contribution is 2.18. The van der Waals surface area contributed by atoms with Crippen molar-refractivity contribution in [1.82, 2.24) is 9.71 Å². The zero-order valence-electron chi connectivity index (χ0n) is 13.3. The number of carbonyl (C=O) groups excluding carboxylic acids is 1. The number of sulfonamides is 1. The summed E-state index contributed by atoms with van der Waals surface area (Å²) in [7, 11) is -3.67. The van der Waals surface area contributed by atoms with Crippen molar-refractivity contribution in [2.45, 2.75) is 11.3 Å². The van der Waals surface area contributed by atoms with E-state index in [4.69, 9.17) is 0 Å². The van der Waals surface area contributed by atoms with Crippen molar-refractivity contribution in [2.75, 3.05) is 11.9 Å². The Hall–Kier alpha value is -2.77. The molecule has 1 aromatic heterocycles. The fraction of sp³-hybridized carbons (Fsp3) is 0.111. The molecule has 2 N–H and O–H groups in total. The predicted molar refractivity (Wildman–Crippen MR) is 96.6 cm³/mol. The summed E-state index contributed by atoms with van der Waals surface area (Å²) < 4.78 is 27.2. The van der Waals surface area contributed by atoms with Gasteiger partial charge in [-0.05, 0) is 35.0 Å². The standard InChI is InChI=1S/C18H17N3O3S/c22-18(21-17-7-3-4-11-19-17)10-12-20-25(23,24)16-9-8-14-5-1-2-6-15(14)13-16/h1-9,11,13,20H,10,12H2,(H,19,21,22). The van der Waals surface area contributed by atoms with E-state index >= 15 is 0 Å². The summed E-state index contributed by atoms with van der Waals surface area (Å²) >= 11 is 0. The Morgan fingerprint density at radius 2 is 1.72 bits per heavy atom. The molecule has 128 valence electrons. The molecule has 0 fully saturated rings. The average Bonchev–Trinajstić information content (AvgIpc) is 2.62. The van der Waals surface area contributed by atoms with Gasteiger partial charge >= 0.3 is 0 Å². The number of anilines is 1. The number of nitrogens with zero attached hydrogens (tertiary/aromatic N) is 1. The summed E-state index contributed by atoms with van der Waals surface area (Å²) in [6.45, 7) is 0.00776. The molecule has 0 radical (unpaired) electrons. The van der Waals surface area contributed by atoms with E-state index in [1.54, 1.807) is 42.6 Å². The maximum atomic E-state index is 12.4. The van der Waals surface area contributed by atoms with Crippen molar-refractivity contribution in [3.8, 4) is 0 Å². The quantitative estimate of drug-likeness (QED) is 0.711. The van der Waals surface area contributed by atoms with Gasteiger partial charge in [0, 0.05) is 19.2 Å². The van der Waals surface area contributed by atoms with Crippen molar-refractivity contribution in [1.29, 1.82) is 0 Å². The number of hydrogen-bond donors (Lipinski definition) is 2. The predicted octanol–water partition coefficient (Wildman–Crippen LogP) is 2.54. The van der Waals surface area contributed by atoms with Crippen LogP contribution in [0.25, 0.3) is 10.8 Å². The second-order valence-electron chi connectivity index (χ2n) is 5.42. The number of nitrogens with one attached hydrogen (secondary N) is 2. The first-order chi connectivity index (χ1) is 12.0. The van der Waals surface area contributed by atoms with Crippen molar-refractivity contribution in [2.24, 2.45) is 0 Å². The first kappa shape index (κ1) is 17.1. The van der Waals surface area contributed by atoms with Crippen LogP contribution in [-0.4, -0.2) is 25.9 Å². The van der Waals surface area contributed by atoms with Crippen LogP contribution < -0.4 is 10.0 Å². The molecule has 0 saturated carbocycles. The molecule has 0 unspecified atom stereocenters. The van der Waals surface area contributed by atoms with Crippen molar-refractivity contribution in [3.05, 3.63) is 66.9 Å². The summed E-state index contributed by atoms with van der Waals surface area (Å²) in [5.41, 5.74) is 0. The molecular weight excluding hydrogens is 338 g/mol. The van der Waals surface area contributed by atoms with E-state index in [2.05, 4.69) is 15.0 Å². The fourth-order valence-corrected chi connectivity index (χ4v) is 3.43. The second-order valence-corrected chi connectivity index (χ2v) is 7.19. The van der Waals surface area contributed by atoms with Gasteiger partial charge in [-0.1, -0.05) is 36.4 Å². The molecule has 2 aromatic carbocycles. The molecule has 0 saturated heterocycles. The number of aromatic nitrogens is 1. The SMILES string of the molecule is O=C(CCNS(=O)(=O)c1ccc2ccccc2c1)Nc1ccccn1. The lowest BCUT2D eigenvalue weighted by molar-refractivity contribution is -0.116. The molecule has 3 rings (SSSR count). The van der Waals surface area contributed by atoms with Gasteiger partial charge in [0.05, 0.1) is 4.90 Å². The van der Waals surface area contributed by atoms with Gasteiger partial charge in [-0.25, -0.2) is 18.1 Å². The van der Waals surface area contributed by atoms with Crippen LogP contribution in [0, 0.1) is 0 Å². The Labute approximate surface area is 146 Å². The van der Waals surface area contributed by atoms with Gasteiger partial charge in [0.2, 0.25) is 15.9 Å². The van der Waals surface area contributed by atoms with Gasteiger partial charge in [0.15, 0.2) is 0 Å². The normalized spacial score (nSPS) is 11.4. The minimum Gasteiger partial charge on any atom is -0.311 e. The van der Waals surface area contributed by atoms with Crippen LogP contribution in [0.2, 0.25) is 0 Å². The molecule has 25 heavy (non-hydrogen) atoms. The Bertz CT molecular complexity index is 989. The maximum absolute atomic E-state index is 12.4. The third-order valence-corrected chi connectivity index (χ3v) is 5.07. The Kier molecular flexibility index (Phi) is 5.06. The van der Waals surface area contributed by atoms with E-state index in [1.165, 1.54) is 0 Å². The average molecular weight is 355 g/mol. The number of fused-ring (bicyclic) bond motifs is 1. The number of pyridine rings is 1. The van der Waals surface area contributed by atoms with Crippen LogP contribution in [0.15, 0.2) is 71.8 Å². The molecule has 0 aliphatic heterocycles. The first-order valence-corrected chi connectivity index (χ1v) is 9.22. The van der Waals surface area contributed by atoms with Gasteiger partial charge in [0.1, 0.15) is 5.82 Å². The molecule has 0 spiro atoms. The highest BCUT2D eigenvalue weighted by atomic mass is 32.2. The maximum Gasteiger partial charge on any atom is 0.240 e. The smallest absolute Gasteiger partial charge is 0.240 e. The summed E-state index contributed by atoms with van der Waals surface area (Å²) in [6, 6.07) is 17.6. The molecule has 1 amide bonds. The fourth-order valence-electron chi connectivity index (χ4n) is 2.36. The highest BCUT2D eigenvalue weighted by molar-refractivity contribution is 7.89. The van der Waals surface area contributed by atoms with Crippen LogP contribution in [-0.2, 0) is 14.8 Å². The lowest BCUT2D eigenvalue weighted by Crippen LogP contribution is -2.28. The number of hydrogen-bond acceptors (Lipinski definition) is 4. The lowest BCUT2D eigenvalue weighted by Gasteiger charge is -2.08. The van der Waals surface area contributed by atoms with Gasteiger partial charge in [0.25, 0.3) is 0 Å². The summed E-state index contributed by atoms with van der Waals surface area (Å²) in [6.07, 6.45) is 1.58. The largest absolute Gasteiger partial charge is 0.311 e. The number of benzene rings is 2. The Balaban J connectivity index is 1.60. The van der Waals surface area contributed by atoms with Crippen LogP contribution >= 0.6 is 0 Å². The van der Waals surface area contributed by atoms with Crippen LogP contribution in [0.1, 0.15) is 6.42 Å². The number of amides is 1. The minimum atomic E-state index is -3.67. The molecule has 7 heteroatoms. The van der Waals surface area contributed by atoms with Gasteiger partial charge in [-0.2, -0.15) is 0 Å². The van der Waals surface area contributed by atoms with E-state index in [1.807, 2.05) is 24.3 Å². The van der Waals surface area contributed by atoms with Crippen LogP contribution in [0.3, 0.4) is 0 Å². The molecule has 0 bridgehead atoms. The topological polar surface area (TPSA) is 88.2 Å². The third kappa shape index (κ3) is 4.40. The molecule has 0 aliphatic rings. The van der Waals surface area contributed by atoms with Gasteiger partial charge in [-0.3, -0.25) is 4.79 Å². The van der Waals surface area contributed by atoms with Crippen molar-refractivity contribution < 1.29 is 13.2 Å². The van der Waals surface area contributed by atoms with Crippen LogP contribution in [0.4, 0.5) is 5.82 Å². The minimum absolute atomic E-state index is 0.00776. The third-order valence-electron chi connectivity index (χ3n) is 3.61. The van der Waals surface area contributed by atoms with E-state index in [9.17, 15) is 13.2 Å². The Morgan fingerprint density at radius 1 is 0.960 bits per heavy atom. The molecule has 3 aromatic rings. The lowest BCUT2D eigenvalue weighted by atomic mass is 10.1.